The van der Waals surface area contributed by atoms with Gasteiger partial charge in [0.2, 0.25) is 6.10 Å². The van der Waals surface area contributed by atoms with Gasteiger partial charge in [-0.1, -0.05) is 42.5 Å². The first-order valence-corrected chi connectivity index (χ1v) is 11.2. The largest absolute Gasteiger partial charge is 0.492 e. The van der Waals surface area contributed by atoms with Gasteiger partial charge in [-0.05, 0) is 19.1 Å². The minimum absolute atomic E-state index is 0.0721. The van der Waals surface area contributed by atoms with Gasteiger partial charge in [0.05, 0.1) is 18.6 Å². The average Bonchev–Trinajstić information content (AvgIpc) is 3.30. The molecule has 0 aliphatic rings. The fourth-order valence-corrected chi connectivity index (χ4v) is 3.77. The molecule has 0 saturated heterocycles. The van der Waals surface area contributed by atoms with Crippen molar-refractivity contribution in [3.63, 3.8) is 0 Å². The number of carbonyl (C=O) groups is 2. The number of benzene rings is 2. The Morgan fingerprint density at radius 2 is 1.69 bits per heavy atom. The van der Waals surface area contributed by atoms with E-state index in [-0.39, 0.29) is 11.2 Å². The molecule has 1 amide bonds. The van der Waals surface area contributed by atoms with Crippen molar-refractivity contribution in [2.24, 2.45) is 14.1 Å². The summed E-state index contributed by atoms with van der Waals surface area (Å²) >= 11 is 0. The van der Waals surface area contributed by atoms with Crippen LogP contribution >= 0.6 is 0 Å². The Hall–Kier alpha value is -4.67. The number of rotatable bonds is 8. The van der Waals surface area contributed by atoms with Crippen LogP contribution in [0.15, 0.2) is 70.5 Å². The lowest BCUT2D eigenvalue weighted by atomic mass is 10.1. The highest BCUT2D eigenvalue weighted by atomic mass is 16.5. The Morgan fingerprint density at radius 3 is 2.42 bits per heavy atom. The molecule has 11 heteroatoms. The molecule has 0 aliphatic heterocycles. The maximum atomic E-state index is 13.2. The molecule has 1 atom stereocenters. The third-order valence-corrected chi connectivity index (χ3v) is 5.55. The topological polar surface area (TPSA) is 126 Å². The quantitative estimate of drug-likeness (QED) is 0.372. The summed E-state index contributed by atoms with van der Waals surface area (Å²) < 4.78 is 14.6. The molecule has 4 rings (SSSR count). The van der Waals surface area contributed by atoms with Gasteiger partial charge in [0, 0.05) is 19.7 Å². The number of amides is 1. The van der Waals surface area contributed by atoms with Crippen LogP contribution in [0.4, 0.5) is 5.69 Å². The van der Waals surface area contributed by atoms with Crippen molar-refractivity contribution in [3.8, 4) is 5.75 Å². The molecule has 0 bridgehead atoms. The SMILES string of the molecule is CCOc1ccccc1NC(=O)[C@H](OC(=O)Cn1cnc2c1c(=O)n(C)c(=O)n2C)c1ccccc1. The van der Waals surface area contributed by atoms with Gasteiger partial charge in [-0.2, -0.15) is 0 Å². The standard InChI is InChI=1S/C25H25N5O6/c1-4-35-18-13-9-8-12-17(18)27-23(32)21(16-10-6-5-7-11-16)36-19(31)14-30-15-26-22-20(30)24(33)29(3)25(34)28(22)2/h5-13,15,21H,4,14H2,1-3H3,(H,27,32)/t21-/m1/s1. The van der Waals surface area contributed by atoms with Gasteiger partial charge < -0.3 is 19.4 Å². The van der Waals surface area contributed by atoms with Gasteiger partial charge in [-0.25, -0.2) is 9.78 Å². The third-order valence-electron chi connectivity index (χ3n) is 5.55. The first-order valence-electron chi connectivity index (χ1n) is 11.2. The summed E-state index contributed by atoms with van der Waals surface area (Å²) in [7, 11) is 2.82. The van der Waals surface area contributed by atoms with Crippen molar-refractivity contribution in [1.29, 1.82) is 0 Å². The van der Waals surface area contributed by atoms with Crippen LogP contribution in [0.25, 0.3) is 11.2 Å². The first-order chi connectivity index (χ1) is 17.3. The minimum atomic E-state index is -1.27. The lowest BCUT2D eigenvalue weighted by Crippen LogP contribution is -2.37. The minimum Gasteiger partial charge on any atom is -0.492 e. The van der Waals surface area contributed by atoms with E-state index in [1.807, 2.05) is 6.92 Å². The fraction of sp³-hybridized carbons (Fsp3) is 0.240. The highest BCUT2D eigenvalue weighted by Gasteiger charge is 2.27. The van der Waals surface area contributed by atoms with Gasteiger partial charge in [-0.15, -0.1) is 0 Å². The molecule has 2 heterocycles. The number of carbonyl (C=O) groups excluding carboxylic acids is 2. The monoisotopic (exact) mass is 491 g/mol. The van der Waals surface area contributed by atoms with E-state index in [4.69, 9.17) is 9.47 Å². The predicted molar refractivity (Wildman–Crippen MR) is 132 cm³/mol. The van der Waals surface area contributed by atoms with Crippen LogP contribution in [0, 0.1) is 0 Å². The number of hydrogen-bond acceptors (Lipinski definition) is 7. The second kappa shape index (κ2) is 10.3. The number of ether oxygens (including phenoxy) is 2. The number of aryl methyl sites for hydroxylation is 1. The number of fused-ring (bicyclic) bond motifs is 1. The molecule has 0 unspecified atom stereocenters. The lowest BCUT2D eigenvalue weighted by molar-refractivity contribution is -0.155. The Morgan fingerprint density at radius 1 is 1.00 bits per heavy atom. The predicted octanol–water partition coefficient (Wildman–Crippen LogP) is 1.76. The zero-order chi connectivity index (χ0) is 25.8. The smallest absolute Gasteiger partial charge is 0.332 e. The van der Waals surface area contributed by atoms with Crippen molar-refractivity contribution in [3.05, 3.63) is 87.3 Å². The molecule has 0 radical (unpaired) electrons. The molecule has 0 fully saturated rings. The van der Waals surface area contributed by atoms with Gasteiger partial charge in [0.1, 0.15) is 12.3 Å². The lowest BCUT2D eigenvalue weighted by Gasteiger charge is -2.19. The normalized spacial score (nSPS) is 11.8. The summed E-state index contributed by atoms with van der Waals surface area (Å²) in [6.45, 7) is 1.85. The van der Waals surface area contributed by atoms with Crippen LogP contribution < -0.4 is 21.3 Å². The molecule has 186 valence electrons. The fourth-order valence-electron chi connectivity index (χ4n) is 3.77. The third kappa shape index (κ3) is 4.76. The van der Waals surface area contributed by atoms with Gasteiger partial charge in [-0.3, -0.25) is 23.5 Å². The van der Waals surface area contributed by atoms with Gasteiger partial charge in [0.15, 0.2) is 11.2 Å². The molecule has 1 N–H and O–H groups in total. The van der Waals surface area contributed by atoms with E-state index in [9.17, 15) is 19.2 Å². The second-order valence-corrected chi connectivity index (χ2v) is 7.95. The molecule has 0 saturated carbocycles. The number of para-hydroxylation sites is 2. The Labute approximate surface area is 205 Å². The van der Waals surface area contributed by atoms with Crippen molar-refractivity contribution in [2.45, 2.75) is 19.6 Å². The Balaban J connectivity index is 1.61. The van der Waals surface area contributed by atoms with E-state index >= 15 is 0 Å². The van der Waals surface area contributed by atoms with E-state index in [0.717, 1.165) is 4.57 Å². The van der Waals surface area contributed by atoms with Crippen LogP contribution in [-0.2, 0) is 35.0 Å². The van der Waals surface area contributed by atoms with Crippen LogP contribution in [0.2, 0.25) is 0 Å². The van der Waals surface area contributed by atoms with Crippen molar-refractivity contribution in [2.75, 3.05) is 11.9 Å². The highest BCUT2D eigenvalue weighted by Crippen LogP contribution is 2.27. The molecule has 2 aromatic carbocycles. The van der Waals surface area contributed by atoms with Gasteiger partial charge >= 0.3 is 11.7 Å². The van der Waals surface area contributed by atoms with E-state index in [2.05, 4.69) is 10.3 Å². The molecule has 0 spiro atoms. The Kier molecular flexibility index (Phi) is 7.00. The van der Waals surface area contributed by atoms with Crippen LogP contribution in [-0.4, -0.2) is 37.2 Å². The summed E-state index contributed by atoms with van der Waals surface area (Å²) in [5, 5.41) is 2.77. The summed E-state index contributed by atoms with van der Waals surface area (Å²) in [6, 6.07) is 15.5. The van der Waals surface area contributed by atoms with Gasteiger partial charge in [0.25, 0.3) is 11.5 Å². The Bertz CT molecular complexity index is 1540. The zero-order valence-corrected chi connectivity index (χ0v) is 20.0. The molecular weight excluding hydrogens is 466 g/mol. The van der Waals surface area contributed by atoms with Crippen molar-refractivity contribution in [1.82, 2.24) is 18.7 Å². The molecule has 4 aromatic rings. The van der Waals surface area contributed by atoms with E-state index in [0.29, 0.717) is 23.6 Å². The molecule has 36 heavy (non-hydrogen) atoms. The second-order valence-electron chi connectivity index (χ2n) is 7.95. The van der Waals surface area contributed by atoms with Crippen LogP contribution in [0.5, 0.6) is 5.75 Å². The molecular formula is C25H25N5O6. The van der Waals surface area contributed by atoms with Crippen molar-refractivity contribution >= 4 is 28.7 Å². The van der Waals surface area contributed by atoms with E-state index in [1.165, 1.54) is 29.6 Å². The first kappa shape index (κ1) is 24.5. The molecule has 0 aliphatic carbocycles. The number of aromatic nitrogens is 4. The number of nitrogens with one attached hydrogen (secondary N) is 1. The number of imidazole rings is 1. The van der Waals surface area contributed by atoms with E-state index in [1.54, 1.807) is 54.6 Å². The number of nitrogens with zero attached hydrogens (tertiary/aromatic N) is 4. The van der Waals surface area contributed by atoms with E-state index < -0.39 is 35.8 Å². The number of esters is 1. The maximum absolute atomic E-state index is 13.2. The number of anilines is 1. The average molecular weight is 492 g/mol. The van der Waals surface area contributed by atoms with Crippen LogP contribution in [0.3, 0.4) is 0 Å². The zero-order valence-electron chi connectivity index (χ0n) is 20.0. The summed E-state index contributed by atoms with van der Waals surface area (Å²) in [4.78, 5) is 55.1. The number of hydrogen-bond donors (Lipinski definition) is 1. The summed E-state index contributed by atoms with van der Waals surface area (Å²) in [6.07, 6.45) is 0.0123. The van der Waals surface area contributed by atoms with Crippen LogP contribution in [0.1, 0.15) is 18.6 Å². The highest BCUT2D eigenvalue weighted by molar-refractivity contribution is 5.97. The van der Waals surface area contributed by atoms with Crippen molar-refractivity contribution < 1.29 is 19.1 Å². The summed E-state index contributed by atoms with van der Waals surface area (Å²) in [5.74, 6) is -0.861. The summed E-state index contributed by atoms with van der Waals surface area (Å²) in [5.41, 5.74) is -0.0159. The molecule has 2 aromatic heterocycles. The molecule has 11 nitrogen and oxygen atoms in total. The maximum Gasteiger partial charge on any atom is 0.332 e.